The summed E-state index contributed by atoms with van der Waals surface area (Å²) in [6.45, 7) is 2.19. The molecule has 5 nitrogen and oxygen atoms in total. The highest BCUT2D eigenvalue weighted by molar-refractivity contribution is 7.89. The van der Waals surface area contributed by atoms with Gasteiger partial charge in [-0.25, -0.2) is 17.1 Å². The van der Waals surface area contributed by atoms with Gasteiger partial charge in [0.1, 0.15) is 10.7 Å². The van der Waals surface area contributed by atoms with Crippen molar-refractivity contribution in [3.05, 3.63) is 24.0 Å². The van der Waals surface area contributed by atoms with Crippen LogP contribution in [0.15, 0.2) is 23.1 Å². The van der Waals surface area contributed by atoms with E-state index in [-0.39, 0.29) is 11.6 Å². The predicted octanol–water partition coefficient (Wildman–Crippen LogP) is 0.980. The SMILES string of the molecule is CN1CCC(CN(C)S(=O)(=O)c2c(N)cccc2F)C1. The van der Waals surface area contributed by atoms with Crippen LogP contribution in [0.3, 0.4) is 0 Å². The Kier molecular flexibility index (Phi) is 4.31. The second-order valence-electron chi connectivity index (χ2n) is 5.36. The lowest BCUT2D eigenvalue weighted by Gasteiger charge is -2.21. The van der Waals surface area contributed by atoms with E-state index in [2.05, 4.69) is 4.90 Å². The molecule has 0 amide bonds. The van der Waals surface area contributed by atoms with Crippen LogP contribution in [0.1, 0.15) is 6.42 Å². The fraction of sp³-hybridized carbons (Fsp3) is 0.538. The Bertz CT molecular complexity index is 571. The van der Waals surface area contributed by atoms with Crippen molar-refractivity contribution < 1.29 is 12.8 Å². The van der Waals surface area contributed by atoms with Crippen LogP contribution in [0.25, 0.3) is 0 Å². The molecule has 1 aliphatic heterocycles. The van der Waals surface area contributed by atoms with Gasteiger partial charge >= 0.3 is 0 Å². The molecule has 0 spiro atoms. The third-order valence-electron chi connectivity index (χ3n) is 3.67. The molecular weight excluding hydrogens is 281 g/mol. The van der Waals surface area contributed by atoms with Gasteiger partial charge in [0.2, 0.25) is 10.0 Å². The molecule has 2 rings (SSSR count). The van der Waals surface area contributed by atoms with Crippen molar-refractivity contribution in [1.82, 2.24) is 9.21 Å². The average Bonchev–Trinajstić information content (AvgIpc) is 2.74. The monoisotopic (exact) mass is 301 g/mol. The molecule has 1 heterocycles. The van der Waals surface area contributed by atoms with Gasteiger partial charge in [0, 0.05) is 20.1 Å². The number of likely N-dealkylation sites (tertiary alicyclic amines) is 1. The van der Waals surface area contributed by atoms with Gasteiger partial charge in [0.05, 0.1) is 5.69 Å². The molecule has 0 radical (unpaired) electrons. The van der Waals surface area contributed by atoms with E-state index >= 15 is 0 Å². The highest BCUT2D eigenvalue weighted by atomic mass is 32.2. The van der Waals surface area contributed by atoms with E-state index in [1.165, 1.54) is 23.5 Å². The highest BCUT2D eigenvalue weighted by Crippen LogP contribution is 2.26. The fourth-order valence-corrected chi connectivity index (χ4v) is 3.99. The first kappa shape index (κ1) is 15.2. The second kappa shape index (κ2) is 5.67. The molecule has 0 bridgehead atoms. The van der Waals surface area contributed by atoms with Gasteiger partial charge in [-0.2, -0.15) is 0 Å². The smallest absolute Gasteiger partial charge is 0.247 e. The number of halogens is 1. The lowest BCUT2D eigenvalue weighted by Crippen LogP contribution is -2.33. The van der Waals surface area contributed by atoms with E-state index in [1.54, 1.807) is 0 Å². The summed E-state index contributed by atoms with van der Waals surface area (Å²) >= 11 is 0. The van der Waals surface area contributed by atoms with E-state index in [0.717, 1.165) is 25.6 Å². The molecule has 1 fully saturated rings. The van der Waals surface area contributed by atoms with Gasteiger partial charge < -0.3 is 10.6 Å². The number of hydrogen-bond donors (Lipinski definition) is 1. The summed E-state index contributed by atoms with van der Waals surface area (Å²) in [6.07, 6.45) is 0.948. The summed E-state index contributed by atoms with van der Waals surface area (Å²) in [7, 11) is -0.415. The summed E-state index contributed by atoms with van der Waals surface area (Å²) in [5.41, 5.74) is 5.57. The topological polar surface area (TPSA) is 66.6 Å². The number of rotatable bonds is 4. The Morgan fingerprint density at radius 1 is 1.50 bits per heavy atom. The minimum Gasteiger partial charge on any atom is -0.398 e. The summed E-state index contributed by atoms with van der Waals surface area (Å²) < 4.78 is 39.9. The maximum absolute atomic E-state index is 13.8. The van der Waals surface area contributed by atoms with Crippen LogP contribution in [0.2, 0.25) is 0 Å². The first-order valence-electron chi connectivity index (χ1n) is 6.51. The Balaban J connectivity index is 2.21. The highest BCUT2D eigenvalue weighted by Gasteiger charge is 2.30. The van der Waals surface area contributed by atoms with Crippen molar-refractivity contribution in [2.75, 3.05) is 39.5 Å². The molecule has 1 saturated heterocycles. The number of anilines is 1. The maximum atomic E-state index is 13.8. The van der Waals surface area contributed by atoms with Crippen LogP contribution >= 0.6 is 0 Å². The molecule has 112 valence electrons. The van der Waals surface area contributed by atoms with Gasteiger partial charge in [-0.1, -0.05) is 6.07 Å². The van der Waals surface area contributed by atoms with Gasteiger partial charge in [-0.05, 0) is 38.1 Å². The molecule has 1 aromatic rings. The van der Waals surface area contributed by atoms with E-state index in [1.807, 2.05) is 7.05 Å². The van der Waals surface area contributed by atoms with Crippen LogP contribution in [-0.2, 0) is 10.0 Å². The van der Waals surface area contributed by atoms with Crippen molar-refractivity contribution >= 4 is 15.7 Å². The van der Waals surface area contributed by atoms with Crippen molar-refractivity contribution in [1.29, 1.82) is 0 Å². The minimum atomic E-state index is -3.89. The lowest BCUT2D eigenvalue weighted by molar-refractivity contribution is 0.356. The van der Waals surface area contributed by atoms with Crippen molar-refractivity contribution in [3.8, 4) is 0 Å². The Hall–Kier alpha value is -1.18. The first-order chi connectivity index (χ1) is 9.32. The van der Waals surface area contributed by atoms with Crippen molar-refractivity contribution in [3.63, 3.8) is 0 Å². The van der Waals surface area contributed by atoms with E-state index in [9.17, 15) is 12.8 Å². The number of benzene rings is 1. The number of nitrogens with zero attached hydrogens (tertiary/aromatic N) is 2. The van der Waals surface area contributed by atoms with Crippen LogP contribution in [-0.4, -0.2) is 51.4 Å². The minimum absolute atomic E-state index is 0.0552. The third kappa shape index (κ3) is 2.94. The number of nitrogens with two attached hydrogens (primary N) is 1. The zero-order valence-electron chi connectivity index (χ0n) is 11.7. The summed E-state index contributed by atoms with van der Waals surface area (Å²) in [5, 5.41) is 0. The number of sulfonamides is 1. The first-order valence-corrected chi connectivity index (χ1v) is 7.95. The summed E-state index contributed by atoms with van der Waals surface area (Å²) in [5.74, 6) is -0.534. The van der Waals surface area contributed by atoms with Gasteiger partial charge in [0.15, 0.2) is 0 Å². The van der Waals surface area contributed by atoms with Crippen LogP contribution in [0.5, 0.6) is 0 Å². The Morgan fingerprint density at radius 2 is 2.20 bits per heavy atom. The van der Waals surface area contributed by atoms with Crippen LogP contribution in [0.4, 0.5) is 10.1 Å². The van der Waals surface area contributed by atoms with E-state index < -0.39 is 20.7 Å². The molecule has 0 aliphatic carbocycles. The van der Waals surface area contributed by atoms with Crippen molar-refractivity contribution in [2.45, 2.75) is 11.3 Å². The second-order valence-corrected chi connectivity index (χ2v) is 7.34. The third-order valence-corrected chi connectivity index (χ3v) is 5.59. The van der Waals surface area contributed by atoms with Gasteiger partial charge in [-0.15, -0.1) is 0 Å². The normalized spacial score (nSPS) is 20.7. The number of nitrogen functional groups attached to an aromatic ring is 1. The fourth-order valence-electron chi connectivity index (χ4n) is 2.59. The molecule has 1 aromatic carbocycles. The largest absolute Gasteiger partial charge is 0.398 e. The Morgan fingerprint density at radius 3 is 2.75 bits per heavy atom. The summed E-state index contributed by atoms with van der Waals surface area (Å²) in [4.78, 5) is 1.73. The van der Waals surface area contributed by atoms with Crippen LogP contribution in [0, 0.1) is 11.7 Å². The predicted molar refractivity (Wildman–Crippen MR) is 76.2 cm³/mol. The molecular formula is C13H20FN3O2S. The zero-order valence-corrected chi connectivity index (χ0v) is 12.5. The molecule has 0 aromatic heterocycles. The molecule has 1 unspecified atom stereocenters. The average molecular weight is 301 g/mol. The molecule has 1 aliphatic rings. The molecule has 0 saturated carbocycles. The van der Waals surface area contributed by atoms with Crippen LogP contribution < -0.4 is 5.73 Å². The van der Waals surface area contributed by atoms with E-state index in [4.69, 9.17) is 5.73 Å². The van der Waals surface area contributed by atoms with Gasteiger partial charge in [-0.3, -0.25) is 0 Å². The Labute approximate surface area is 119 Å². The zero-order chi connectivity index (χ0) is 14.9. The molecule has 7 heteroatoms. The molecule has 20 heavy (non-hydrogen) atoms. The molecule has 1 atom stereocenters. The molecule has 2 N–H and O–H groups in total. The number of hydrogen-bond acceptors (Lipinski definition) is 4. The van der Waals surface area contributed by atoms with Gasteiger partial charge in [0.25, 0.3) is 0 Å². The summed E-state index contributed by atoms with van der Waals surface area (Å²) in [6, 6.07) is 3.91. The standard InChI is InChI=1S/C13H20FN3O2S/c1-16-7-6-10(8-16)9-17(2)20(18,19)13-11(14)4-3-5-12(13)15/h3-5,10H,6-9,15H2,1-2H3. The van der Waals surface area contributed by atoms with E-state index in [0.29, 0.717) is 6.54 Å². The van der Waals surface area contributed by atoms with Crippen molar-refractivity contribution in [2.24, 2.45) is 5.92 Å². The quantitative estimate of drug-likeness (QED) is 0.842. The lowest BCUT2D eigenvalue weighted by atomic mass is 10.1. The maximum Gasteiger partial charge on any atom is 0.247 e.